The topological polar surface area (TPSA) is 87.7 Å². The quantitative estimate of drug-likeness (QED) is 0.367. The number of thioether (sulfide) groups is 1. The van der Waals surface area contributed by atoms with Gasteiger partial charge in [-0.05, 0) is 84.3 Å². The van der Waals surface area contributed by atoms with Gasteiger partial charge in [-0.3, -0.25) is 9.59 Å². The van der Waals surface area contributed by atoms with Gasteiger partial charge in [-0.25, -0.2) is 4.79 Å². The van der Waals surface area contributed by atoms with Gasteiger partial charge in [0, 0.05) is 12.6 Å². The standard InChI is InChI=1S/C28H45N3O4S/c1-8-9-14-29-25(32)24(21-17-19(2)16-20(3)18-21)31(22-11-10-12-22)26(33)23(13-15-36-7)30-27(34)35-28(4,5)6/h16-18,22-24H,8-15H2,1-7H3,(H,29,32)(H,30,34). The first-order valence-corrected chi connectivity index (χ1v) is 14.5. The van der Waals surface area contributed by atoms with Gasteiger partial charge in [0.15, 0.2) is 0 Å². The second-order valence-electron chi connectivity index (χ2n) is 10.8. The molecule has 3 amide bonds. The van der Waals surface area contributed by atoms with Crippen molar-refractivity contribution in [3.63, 3.8) is 0 Å². The number of hydrogen-bond donors (Lipinski definition) is 2. The van der Waals surface area contributed by atoms with Crippen LogP contribution in [0.3, 0.4) is 0 Å². The normalized spacial score (nSPS) is 15.4. The van der Waals surface area contributed by atoms with Crippen LogP contribution < -0.4 is 10.6 Å². The van der Waals surface area contributed by atoms with Crippen LogP contribution in [0.1, 0.15) is 89.0 Å². The lowest BCUT2D eigenvalue weighted by Crippen LogP contribution is -2.57. The first-order valence-electron chi connectivity index (χ1n) is 13.1. The van der Waals surface area contributed by atoms with E-state index in [-0.39, 0.29) is 17.9 Å². The van der Waals surface area contributed by atoms with Crippen LogP contribution >= 0.6 is 11.8 Å². The maximum Gasteiger partial charge on any atom is 0.408 e. The minimum absolute atomic E-state index is 0.0440. The Balaban J connectivity index is 2.47. The number of aryl methyl sites for hydroxylation is 2. The van der Waals surface area contributed by atoms with E-state index in [2.05, 4.69) is 23.6 Å². The summed E-state index contributed by atoms with van der Waals surface area (Å²) in [5, 5.41) is 5.88. The molecule has 0 radical (unpaired) electrons. The molecule has 0 saturated heterocycles. The number of carbonyl (C=O) groups is 3. The lowest BCUT2D eigenvalue weighted by molar-refractivity contribution is -0.147. The molecule has 2 N–H and O–H groups in total. The largest absolute Gasteiger partial charge is 0.444 e. The maximum atomic E-state index is 14.2. The summed E-state index contributed by atoms with van der Waals surface area (Å²) in [6.07, 6.45) is 6.35. The number of amides is 3. The van der Waals surface area contributed by atoms with E-state index in [1.54, 1.807) is 37.4 Å². The van der Waals surface area contributed by atoms with Crippen molar-refractivity contribution in [1.82, 2.24) is 15.5 Å². The summed E-state index contributed by atoms with van der Waals surface area (Å²) < 4.78 is 5.46. The Hall–Kier alpha value is -2.22. The highest BCUT2D eigenvalue weighted by atomic mass is 32.2. The van der Waals surface area contributed by atoms with E-state index in [0.717, 1.165) is 48.8 Å². The van der Waals surface area contributed by atoms with Crippen molar-refractivity contribution in [3.05, 3.63) is 34.9 Å². The molecule has 0 spiro atoms. The smallest absolute Gasteiger partial charge is 0.408 e. The maximum absolute atomic E-state index is 14.2. The third-order valence-corrected chi connectivity index (χ3v) is 6.88. The monoisotopic (exact) mass is 519 g/mol. The number of ether oxygens (including phenoxy) is 1. The first-order chi connectivity index (χ1) is 17.0. The predicted molar refractivity (Wildman–Crippen MR) is 147 cm³/mol. The highest BCUT2D eigenvalue weighted by molar-refractivity contribution is 7.98. The molecule has 1 aromatic carbocycles. The van der Waals surface area contributed by atoms with Crippen LogP contribution in [0.5, 0.6) is 0 Å². The molecule has 36 heavy (non-hydrogen) atoms. The molecular weight excluding hydrogens is 474 g/mol. The lowest BCUT2D eigenvalue weighted by atomic mass is 9.87. The molecule has 0 heterocycles. The zero-order valence-corrected chi connectivity index (χ0v) is 23.9. The summed E-state index contributed by atoms with van der Waals surface area (Å²) in [6, 6.07) is 4.48. The average Bonchev–Trinajstić information content (AvgIpc) is 2.72. The highest BCUT2D eigenvalue weighted by Gasteiger charge is 2.41. The van der Waals surface area contributed by atoms with Crippen LogP contribution in [-0.4, -0.2) is 59.0 Å². The van der Waals surface area contributed by atoms with Crippen LogP contribution in [0.25, 0.3) is 0 Å². The molecule has 0 aliphatic heterocycles. The van der Waals surface area contributed by atoms with Crippen molar-refractivity contribution in [2.24, 2.45) is 0 Å². The van der Waals surface area contributed by atoms with E-state index in [0.29, 0.717) is 18.7 Å². The summed E-state index contributed by atoms with van der Waals surface area (Å²) in [6.45, 7) is 12.0. The summed E-state index contributed by atoms with van der Waals surface area (Å²) in [5.74, 6) is 0.297. The van der Waals surface area contributed by atoms with E-state index in [9.17, 15) is 14.4 Å². The van der Waals surface area contributed by atoms with Gasteiger partial charge in [0.1, 0.15) is 17.7 Å². The van der Waals surface area contributed by atoms with Crippen molar-refractivity contribution >= 4 is 29.7 Å². The molecule has 2 unspecified atom stereocenters. The van der Waals surface area contributed by atoms with Gasteiger partial charge >= 0.3 is 6.09 Å². The number of alkyl carbamates (subject to hydrolysis) is 1. The van der Waals surface area contributed by atoms with E-state index in [4.69, 9.17) is 4.74 Å². The van der Waals surface area contributed by atoms with Crippen LogP contribution in [-0.2, 0) is 14.3 Å². The fraction of sp³-hybridized carbons (Fsp3) is 0.679. The molecule has 1 saturated carbocycles. The van der Waals surface area contributed by atoms with Gasteiger partial charge in [0.05, 0.1) is 0 Å². The molecule has 0 bridgehead atoms. The molecular formula is C28H45N3O4S. The van der Waals surface area contributed by atoms with Crippen LogP contribution in [0.15, 0.2) is 18.2 Å². The SMILES string of the molecule is CCCCNC(=O)C(c1cc(C)cc(C)c1)N(C(=O)C(CCSC)NC(=O)OC(C)(C)C)C1CCC1. The second kappa shape index (κ2) is 13.9. The van der Waals surface area contributed by atoms with Gasteiger partial charge in [-0.1, -0.05) is 42.7 Å². The third kappa shape index (κ3) is 9.02. The summed E-state index contributed by atoms with van der Waals surface area (Å²) in [7, 11) is 0. The Morgan fingerprint density at radius 3 is 2.28 bits per heavy atom. The molecule has 7 nitrogen and oxygen atoms in total. The van der Waals surface area contributed by atoms with Gasteiger partial charge < -0.3 is 20.3 Å². The number of hydrogen-bond acceptors (Lipinski definition) is 5. The van der Waals surface area contributed by atoms with Crippen LogP contribution in [0, 0.1) is 13.8 Å². The van der Waals surface area contributed by atoms with Crippen LogP contribution in [0.4, 0.5) is 4.79 Å². The zero-order chi connectivity index (χ0) is 26.9. The molecule has 1 aliphatic rings. The molecule has 8 heteroatoms. The van der Waals surface area contributed by atoms with E-state index in [1.165, 1.54) is 0 Å². The minimum Gasteiger partial charge on any atom is -0.444 e. The fourth-order valence-corrected chi connectivity index (χ4v) is 4.87. The molecule has 2 rings (SSSR count). The van der Waals surface area contributed by atoms with Crippen LogP contribution in [0.2, 0.25) is 0 Å². The molecule has 2 atom stereocenters. The molecule has 1 aliphatic carbocycles. The average molecular weight is 520 g/mol. The second-order valence-corrected chi connectivity index (χ2v) is 11.8. The van der Waals surface area contributed by atoms with E-state index < -0.39 is 23.8 Å². The van der Waals surface area contributed by atoms with Crippen molar-refractivity contribution in [2.75, 3.05) is 18.6 Å². The van der Waals surface area contributed by atoms with Crippen molar-refractivity contribution < 1.29 is 19.1 Å². The molecule has 202 valence electrons. The van der Waals surface area contributed by atoms with Gasteiger partial charge in [0.2, 0.25) is 11.8 Å². The lowest BCUT2D eigenvalue weighted by Gasteiger charge is -2.43. The Bertz CT molecular complexity index is 875. The van der Waals surface area contributed by atoms with E-state index >= 15 is 0 Å². The number of nitrogens with one attached hydrogen (secondary N) is 2. The number of carbonyl (C=O) groups excluding carboxylic acids is 3. The van der Waals surface area contributed by atoms with Gasteiger partial charge in [0.25, 0.3) is 0 Å². The van der Waals surface area contributed by atoms with E-state index in [1.807, 2.05) is 32.2 Å². The Morgan fingerprint density at radius 2 is 1.78 bits per heavy atom. The highest BCUT2D eigenvalue weighted by Crippen LogP contribution is 2.34. The molecule has 1 aromatic rings. The van der Waals surface area contributed by atoms with Crippen molar-refractivity contribution in [2.45, 2.75) is 104 Å². The Kier molecular flexibility index (Phi) is 11.6. The fourth-order valence-electron chi connectivity index (χ4n) is 4.40. The number of nitrogens with zero attached hydrogens (tertiary/aromatic N) is 1. The third-order valence-electron chi connectivity index (χ3n) is 6.24. The molecule has 1 fully saturated rings. The predicted octanol–water partition coefficient (Wildman–Crippen LogP) is 5.29. The zero-order valence-electron chi connectivity index (χ0n) is 23.1. The Morgan fingerprint density at radius 1 is 1.14 bits per heavy atom. The van der Waals surface area contributed by atoms with Gasteiger partial charge in [-0.15, -0.1) is 0 Å². The first kappa shape index (κ1) is 30.0. The van der Waals surface area contributed by atoms with Crippen molar-refractivity contribution in [1.29, 1.82) is 0 Å². The van der Waals surface area contributed by atoms with Crippen molar-refractivity contribution in [3.8, 4) is 0 Å². The summed E-state index contributed by atoms with van der Waals surface area (Å²) in [5.41, 5.74) is 2.22. The van der Waals surface area contributed by atoms with Gasteiger partial charge in [-0.2, -0.15) is 11.8 Å². The summed E-state index contributed by atoms with van der Waals surface area (Å²) >= 11 is 1.61. The minimum atomic E-state index is -0.773. The summed E-state index contributed by atoms with van der Waals surface area (Å²) in [4.78, 5) is 42.2. The molecule has 0 aromatic heterocycles. The number of benzene rings is 1. The Labute approximate surface area is 221 Å². The number of unbranched alkanes of at least 4 members (excludes halogenated alkanes) is 1. The number of rotatable bonds is 12.